The van der Waals surface area contributed by atoms with Crippen LogP contribution < -0.4 is 10.6 Å². The predicted octanol–water partition coefficient (Wildman–Crippen LogP) is 4.17. The number of ether oxygens (including phenoxy) is 1. The molecule has 0 saturated carbocycles. The van der Waals surface area contributed by atoms with E-state index in [9.17, 15) is 4.79 Å². The third-order valence-corrected chi connectivity index (χ3v) is 5.06. The van der Waals surface area contributed by atoms with Crippen molar-refractivity contribution in [2.75, 3.05) is 25.1 Å². The van der Waals surface area contributed by atoms with Gasteiger partial charge in [-0.1, -0.05) is 42.5 Å². The Morgan fingerprint density at radius 1 is 1.08 bits per heavy atom. The number of amides is 2. The van der Waals surface area contributed by atoms with Crippen LogP contribution in [0.5, 0.6) is 0 Å². The summed E-state index contributed by atoms with van der Waals surface area (Å²) in [7, 11) is 0. The first-order valence-corrected chi connectivity index (χ1v) is 8.84. The van der Waals surface area contributed by atoms with E-state index in [4.69, 9.17) is 4.74 Å². The quantitative estimate of drug-likeness (QED) is 0.879. The average molecular weight is 338 g/mol. The fraction of sp³-hybridized carbons (Fsp3) is 0.381. The Kier molecular flexibility index (Phi) is 5.39. The van der Waals surface area contributed by atoms with Crippen molar-refractivity contribution in [3.05, 3.63) is 65.2 Å². The van der Waals surface area contributed by atoms with Crippen molar-refractivity contribution in [2.24, 2.45) is 0 Å². The van der Waals surface area contributed by atoms with Gasteiger partial charge in [0.25, 0.3) is 0 Å². The number of benzene rings is 2. The summed E-state index contributed by atoms with van der Waals surface area (Å²) in [6.45, 7) is 6.09. The maximum atomic E-state index is 12.4. The zero-order chi connectivity index (χ0) is 17.7. The molecule has 4 heteroatoms. The van der Waals surface area contributed by atoms with Gasteiger partial charge in [-0.15, -0.1) is 0 Å². The highest BCUT2D eigenvalue weighted by Crippen LogP contribution is 2.34. The number of hydrogen-bond donors (Lipinski definition) is 2. The van der Waals surface area contributed by atoms with Crippen LogP contribution in [0.15, 0.2) is 48.5 Å². The molecule has 1 aliphatic heterocycles. The summed E-state index contributed by atoms with van der Waals surface area (Å²) in [6.07, 6.45) is 1.83. The Morgan fingerprint density at radius 2 is 1.80 bits per heavy atom. The summed E-state index contributed by atoms with van der Waals surface area (Å²) >= 11 is 0. The molecule has 0 aliphatic carbocycles. The van der Waals surface area contributed by atoms with Gasteiger partial charge in [-0.25, -0.2) is 4.79 Å². The van der Waals surface area contributed by atoms with Gasteiger partial charge in [-0.3, -0.25) is 0 Å². The third kappa shape index (κ3) is 4.20. The van der Waals surface area contributed by atoms with E-state index in [1.807, 2.05) is 38.1 Å². The standard InChI is InChI=1S/C21H26N2O2/c1-16-8-9-17(2)19(14-16)23-20(24)22-15-21(10-12-25-13-11-21)18-6-4-3-5-7-18/h3-9,14H,10-13,15H2,1-2H3,(H2,22,23,24). The fourth-order valence-electron chi connectivity index (χ4n) is 3.41. The molecule has 0 spiro atoms. The summed E-state index contributed by atoms with van der Waals surface area (Å²) in [5, 5.41) is 6.06. The van der Waals surface area contributed by atoms with Crippen LogP contribution in [-0.2, 0) is 10.2 Å². The average Bonchev–Trinajstić information content (AvgIpc) is 2.65. The number of carbonyl (C=O) groups is 1. The highest BCUT2D eigenvalue weighted by molar-refractivity contribution is 5.90. The molecule has 25 heavy (non-hydrogen) atoms. The van der Waals surface area contributed by atoms with Crippen LogP contribution in [-0.4, -0.2) is 25.8 Å². The zero-order valence-corrected chi connectivity index (χ0v) is 15.0. The minimum absolute atomic E-state index is 0.0570. The van der Waals surface area contributed by atoms with E-state index in [1.165, 1.54) is 5.56 Å². The van der Waals surface area contributed by atoms with Crippen LogP contribution >= 0.6 is 0 Å². The van der Waals surface area contributed by atoms with Gasteiger partial charge >= 0.3 is 6.03 Å². The molecule has 0 radical (unpaired) electrons. The largest absolute Gasteiger partial charge is 0.381 e. The Morgan fingerprint density at radius 3 is 2.52 bits per heavy atom. The first-order valence-electron chi connectivity index (χ1n) is 8.84. The lowest BCUT2D eigenvalue weighted by Gasteiger charge is -2.38. The van der Waals surface area contributed by atoms with E-state index in [1.54, 1.807) is 0 Å². The Labute approximate surface area is 149 Å². The molecule has 1 aliphatic rings. The van der Waals surface area contributed by atoms with Gasteiger partial charge in [0.1, 0.15) is 0 Å². The van der Waals surface area contributed by atoms with Gasteiger partial charge in [-0.05, 0) is 49.4 Å². The molecule has 0 aromatic heterocycles. The molecule has 2 amide bonds. The second kappa shape index (κ2) is 7.70. The molecule has 132 valence electrons. The molecule has 0 bridgehead atoms. The molecule has 4 nitrogen and oxygen atoms in total. The van der Waals surface area contributed by atoms with Crippen LogP contribution in [0.3, 0.4) is 0 Å². The lowest BCUT2D eigenvalue weighted by atomic mass is 9.74. The zero-order valence-electron chi connectivity index (χ0n) is 15.0. The Bertz CT molecular complexity index is 722. The maximum absolute atomic E-state index is 12.4. The molecule has 0 unspecified atom stereocenters. The highest BCUT2D eigenvalue weighted by atomic mass is 16.5. The molecule has 0 atom stereocenters. The summed E-state index contributed by atoms with van der Waals surface area (Å²) in [5.41, 5.74) is 4.26. The number of nitrogens with one attached hydrogen (secondary N) is 2. The van der Waals surface area contributed by atoms with Crippen molar-refractivity contribution in [2.45, 2.75) is 32.1 Å². The molecule has 3 rings (SSSR count). The lowest BCUT2D eigenvalue weighted by molar-refractivity contribution is 0.0508. The van der Waals surface area contributed by atoms with Gasteiger partial charge in [0, 0.05) is 30.9 Å². The third-order valence-electron chi connectivity index (χ3n) is 5.06. The van der Waals surface area contributed by atoms with Crippen molar-refractivity contribution in [1.29, 1.82) is 0 Å². The van der Waals surface area contributed by atoms with Crippen molar-refractivity contribution >= 4 is 11.7 Å². The summed E-state index contributed by atoms with van der Waals surface area (Å²) in [4.78, 5) is 12.4. The molecular weight excluding hydrogens is 312 g/mol. The summed E-state index contributed by atoms with van der Waals surface area (Å²) in [5.74, 6) is 0. The molecule has 1 fully saturated rings. The molecule has 2 aromatic rings. The minimum Gasteiger partial charge on any atom is -0.381 e. The van der Waals surface area contributed by atoms with E-state index in [0.29, 0.717) is 6.54 Å². The topological polar surface area (TPSA) is 50.4 Å². The van der Waals surface area contributed by atoms with Gasteiger partial charge in [-0.2, -0.15) is 0 Å². The first kappa shape index (κ1) is 17.5. The van der Waals surface area contributed by atoms with E-state index in [0.717, 1.165) is 42.9 Å². The summed E-state index contributed by atoms with van der Waals surface area (Å²) in [6, 6.07) is 16.3. The van der Waals surface area contributed by atoms with Gasteiger partial charge in [0.05, 0.1) is 0 Å². The number of rotatable bonds is 4. The second-order valence-electron chi connectivity index (χ2n) is 6.88. The first-order chi connectivity index (χ1) is 12.1. The minimum atomic E-state index is -0.157. The molecule has 1 heterocycles. The van der Waals surface area contributed by atoms with Crippen molar-refractivity contribution in [3.8, 4) is 0 Å². The molecule has 2 N–H and O–H groups in total. The maximum Gasteiger partial charge on any atom is 0.319 e. The van der Waals surface area contributed by atoms with Crippen molar-refractivity contribution in [1.82, 2.24) is 5.32 Å². The van der Waals surface area contributed by atoms with E-state index in [2.05, 4.69) is 34.9 Å². The van der Waals surface area contributed by atoms with Crippen LogP contribution in [0.4, 0.5) is 10.5 Å². The monoisotopic (exact) mass is 338 g/mol. The number of aryl methyl sites for hydroxylation is 2. The fourth-order valence-corrected chi connectivity index (χ4v) is 3.41. The second-order valence-corrected chi connectivity index (χ2v) is 6.88. The van der Waals surface area contributed by atoms with Gasteiger partial charge in [0.2, 0.25) is 0 Å². The van der Waals surface area contributed by atoms with Crippen LogP contribution in [0.2, 0.25) is 0 Å². The van der Waals surface area contributed by atoms with Crippen LogP contribution in [0, 0.1) is 13.8 Å². The molecule has 1 saturated heterocycles. The summed E-state index contributed by atoms with van der Waals surface area (Å²) < 4.78 is 5.55. The Hall–Kier alpha value is -2.33. The number of carbonyl (C=O) groups excluding carboxylic acids is 1. The van der Waals surface area contributed by atoms with Crippen molar-refractivity contribution < 1.29 is 9.53 Å². The molecular formula is C21H26N2O2. The van der Waals surface area contributed by atoms with E-state index < -0.39 is 0 Å². The van der Waals surface area contributed by atoms with Crippen LogP contribution in [0.1, 0.15) is 29.5 Å². The lowest BCUT2D eigenvalue weighted by Crippen LogP contribution is -2.45. The van der Waals surface area contributed by atoms with Crippen LogP contribution in [0.25, 0.3) is 0 Å². The number of urea groups is 1. The number of hydrogen-bond acceptors (Lipinski definition) is 2. The predicted molar refractivity (Wildman–Crippen MR) is 101 cm³/mol. The van der Waals surface area contributed by atoms with E-state index in [-0.39, 0.29) is 11.4 Å². The molecule has 2 aromatic carbocycles. The van der Waals surface area contributed by atoms with Crippen molar-refractivity contribution in [3.63, 3.8) is 0 Å². The smallest absolute Gasteiger partial charge is 0.319 e. The van der Waals surface area contributed by atoms with Gasteiger partial charge in [0.15, 0.2) is 0 Å². The Balaban J connectivity index is 1.69. The number of anilines is 1. The normalized spacial score (nSPS) is 16.2. The van der Waals surface area contributed by atoms with Gasteiger partial charge < -0.3 is 15.4 Å². The SMILES string of the molecule is Cc1ccc(C)c(NC(=O)NCC2(c3ccccc3)CCOCC2)c1. The van der Waals surface area contributed by atoms with E-state index >= 15 is 0 Å². The highest BCUT2D eigenvalue weighted by Gasteiger charge is 2.34.